The largest absolute Gasteiger partial charge is 0.370 e. The standard InChI is InChI=1S/C16H23NS/c1-13-9-14-5-2-3-6-15(14)17(10-13)11-16(12-18)7-4-8-16/h2-3,5-6,13,18H,4,7-12H2,1H3. The highest BCUT2D eigenvalue weighted by molar-refractivity contribution is 7.80. The van der Waals surface area contributed by atoms with Crippen molar-refractivity contribution < 1.29 is 0 Å². The van der Waals surface area contributed by atoms with E-state index >= 15 is 0 Å². The summed E-state index contributed by atoms with van der Waals surface area (Å²) in [5, 5.41) is 0. The zero-order chi connectivity index (χ0) is 12.6. The van der Waals surface area contributed by atoms with E-state index in [2.05, 4.69) is 48.7 Å². The second-order valence-corrected chi connectivity index (χ2v) is 6.65. The lowest BCUT2D eigenvalue weighted by molar-refractivity contribution is 0.173. The van der Waals surface area contributed by atoms with Gasteiger partial charge >= 0.3 is 0 Å². The quantitative estimate of drug-likeness (QED) is 0.810. The van der Waals surface area contributed by atoms with E-state index in [1.165, 1.54) is 50.0 Å². The van der Waals surface area contributed by atoms with E-state index < -0.39 is 0 Å². The van der Waals surface area contributed by atoms with Gasteiger partial charge in [-0.25, -0.2) is 0 Å². The van der Waals surface area contributed by atoms with Crippen molar-refractivity contribution in [2.24, 2.45) is 11.3 Å². The fourth-order valence-electron chi connectivity index (χ4n) is 3.50. The molecule has 18 heavy (non-hydrogen) atoms. The van der Waals surface area contributed by atoms with E-state index in [1.807, 2.05) is 0 Å². The Balaban J connectivity index is 1.84. The van der Waals surface area contributed by atoms with Gasteiger partial charge in [0.2, 0.25) is 0 Å². The second-order valence-electron chi connectivity index (χ2n) is 6.33. The van der Waals surface area contributed by atoms with Crippen LogP contribution in [0.25, 0.3) is 0 Å². The summed E-state index contributed by atoms with van der Waals surface area (Å²) in [5.74, 6) is 1.82. The van der Waals surface area contributed by atoms with E-state index in [0.29, 0.717) is 5.41 Å². The number of rotatable bonds is 3. The Morgan fingerprint density at radius 1 is 1.33 bits per heavy atom. The summed E-state index contributed by atoms with van der Waals surface area (Å²) in [6.07, 6.45) is 5.36. The maximum Gasteiger partial charge on any atom is 0.0399 e. The Morgan fingerprint density at radius 2 is 2.11 bits per heavy atom. The summed E-state index contributed by atoms with van der Waals surface area (Å²) in [6, 6.07) is 8.95. The minimum Gasteiger partial charge on any atom is -0.370 e. The van der Waals surface area contributed by atoms with Gasteiger partial charge in [-0.1, -0.05) is 31.5 Å². The molecule has 2 aliphatic rings. The van der Waals surface area contributed by atoms with Gasteiger partial charge in [-0.15, -0.1) is 0 Å². The second kappa shape index (κ2) is 4.80. The summed E-state index contributed by atoms with van der Waals surface area (Å²) in [4.78, 5) is 2.62. The Hall–Kier alpha value is -0.630. The molecule has 2 heteroatoms. The van der Waals surface area contributed by atoms with E-state index in [4.69, 9.17) is 0 Å². The summed E-state index contributed by atoms with van der Waals surface area (Å²) >= 11 is 4.60. The third kappa shape index (κ3) is 2.16. The number of nitrogens with zero attached hydrogens (tertiary/aromatic N) is 1. The first-order valence-corrected chi connectivity index (χ1v) is 7.79. The van der Waals surface area contributed by atoms with Crippen LogP contribution in [0.3, 0.4) is 0 Å². The van der Waals surface area contributed by atoms with Crippen molar-refractivity contribution in [3.05, 3.63) is 29.8 Å². The lowest BCUT2D eigenvalue weighted by atomic mass is 9.69. The van der Waals surface area contributed by atoms with Crippen LogP contribution >= 0.6 is 12.6 Å². The number of benzene rings is 1. The van der Waals surface area contributed by atoms with Gasteiger partial charge in [-0.3, -0.25) is 0 Å². The molecule has 3 rings (SSSR count). The highest BCUT2D eigenvalue weighted by Crippen LogP contribution is 2.44. The topological polar surface area (TPSA) is 3.24 Å². The molecule has 1 heterocycles. The molecule has 0 N–H and O–H groups in total. The number of hydrogen-bond donors (Lipinski definition) is 1. The highest BCUT2D eigenvalue weighted by Gasteiger charge is 2.38. The molecule has 0 bridgehead atoms. The van der Waals surface area contributed by atoms with Crippen LogP contribution in [0.15, 0.2) is 24.3 Å². The molecule has 0 saturated heterocycles. The number of fused-ring (bicyclic) bond motifs is 1. The molecule has 1 fully saturated rings. The smallest absolute Gasteiger partial charge is 0.0399 e. The SMILES string of the molecule is CC1Cc2ccccc2N(CC2(CS)CCC2)C1. The van der Waals surface area contributed by atoms with E-state index in [-0.39, 0.29) is 0 Å². The van der Waals surface area contributed by atoms with Crippen molar-refractivity contribution in [3.8, 4) is 0 Å². The Bertz CT molecular complexity index is 419. The molecule has 1 nitrogen and oxygen atoms in total. The minimum atomic E-state index is 0.493. The summed E-state index contributed by atoms with van der Waals surface area (Å²) in [7, 11) is 0. The molecule has 0 radical (unpaired) electrons. The molecular formula is C16H23NS. The first kappa shape index (κ1) is 12.4. The Labute approximate surface area is 116 Å². The fourth-order valence-corrected chi connectivity index (χ4v) is 3.92. The van der Waals surface area contributed by atoms with Crippen LogP contribution in [0, 0.1) is 11.3 Å². The number of thiol groups is 1. The van der Waals surface area contributed by atoms with Crippen LogP contribution in [0.1, 0.15) is 31.7 Å². The average Bonchev–Trinajstić information content (AvgIpc) is 2.33. The van der Waals surface area contributed by atoms with Crippen LogP contribution in [0.5, 0.6) is 0 Å². The molecular weight excluding hydrogens is 238 g/mol. The van der Waals surface area contributed by atoms with Crippen molar-refractivity contribution >= 4 is 18.3 Å². The van der Waals surface area contributed by atoms with Gasteiger partial charge in [-0.2, -0.15) is 12.6 Å². The molecule has 1 saturated carbocycles. The van der Waals surface area contributed by atoms with Crippen LogP contribution in [0.4, 0.5) is 5.69 Å². The predicted octanol–water partition coefficient (Wildman–Crippen LogP) is 3.79. The van der Waals surface area contributed by atoms with Gasteiger partial charge in [0.25, 0.3) is 0 Å². The predicted molar refractivity (Wildman–Crippen MR) is 81.7 cm³/mol. The number of anilines is 1. The van der Waals surface area contributed by atoms with Gasteiger partial charge < -0.3 is 4.90 Å². The van der Waals surface area contributed by atoms with Gasteiger partial charge in [0, 0.05) is 18.8 Å². The third-order valence-electron chi connectivity index (χ3n) is 4.71. The summed E-state index contributed by atoms with van der Waals surface area (Å²) in [5.41, 5.74) is 3.50. The van der Waals surface area contributed by atoms with Gasteiger partial charge in [0.15, 0.2) is 0 Å². The zero-order valence-corrected chi connectivity index (χ0v) is 12.1. The van der Waals surface area contributed by atoms with Crippen LogP contribution in [-0.2, 0) is 6.42 Å². The molecule has 0 amide bonds. The van der Waals surface area contributed by atoms with Crippen molar-refractivity contribution in [2.75, 3.05) is 23.7 Å². The molecule has 1 unspecified atom stereocenters. The Morgan fingerprint density at radius 3 is 2.78 bits per heavy atom. The number of para-hydroxylation sites is 1. The lowest BCUT2D eigenvalue weighted by Gasteiger charge is -2.47. The highest BCUT2D eigenvalue weighted by atomic mass is 32.1. The molecule has 98 valence electrons. The van der Waals surface area contributed by atoms with Crippen molar-refractivity contribution in [2.45, 2.75) is 32.6 Å². The van der Waals surface area contributed by atoms with Crippen molar-refractivity contribution in [1.29, 1.82) is 0 Å². The van der Waals surface area contributed by atoms with Gasteiger partial charge in [0.1, 0.15) is 0 Å². The van der Waals surface area contributed by atoms with E-state index in [9.17, 15) is 0 Å². The van der Waals surface area contributed by atoms with Crippen molar-refractivity contribution in [3.63, 3.8) is 0 Å². The lowest BCUT2D eigenvalue weighted by Crippen LogP contribution is -2.47. The maximum atomic E-state index is 4.60. The minimum absolute atomic E-state index is 0.493. The molecule has 0 spiro atoms. The van der Waals surface area contributed by atoms with Gasteiger partial charge in [-0.05, 0) is 48.0 Å². The monoisotopic (exact) mass is 261 g/mol. The zero-order valence-electron chi connectivity index (χ0n) is 11.2. The molecule has 0 aromatic heterocycles. The molecule has 1 aromatic rings. The number of hydrogen-bond acceptors (Lipinski definition) is 2. The maximum absolute atomic E-state index is 4.60. The van der Waals surface area contributed by atoms with E-state index in [1.54, 1.807) is 0 Å². The fraction of sp³-hybridized carbons (Fsp3) is 0.625. The van der Waals surface area contributed by atoms with Crippen LogP contribution in [0.2, 0.25) is 0 Å². The molecule has 1 aliphatic heterocycles. The first-order valence-electron chi connectivity index (χ1n) is 7.16. The van der Waals surface area contributed by atoms with Crippen molar-refractivity contribution in [1.82, 2.24) is 0 Å². The van der Waals surface area contributed by atoms with Crippen LogP contribution < -0.4 is 4.90 Å². The molecule has 1 atom stereocenters. The first-order chi connectivity index (χ1) is 8.72. The normalized spacial score (nSPS) is 25.4. The summed E-state index contributed by atoms with van der Waals surface area (Å²) < 4.78 is 0. The van der Waals surface area contributed by atoms with Crippen LogP contribution in [-0.4, -0.2) is 18.8 Å². The van der Waals surface area contributed by atoms with E-state index in [0.717, 1.165) is 11.7 Å². The molecule has 1 aliphatic carbocycles. The van der Waals surface area contributed by atoms with Gasteiger partial charge in [0.05, 0.1) is 0 Å². The average molecular weight is 261 g/mol. The Kier molecular flexibility index (Phi) is 3.31. The molecule has 1 aromatic carbocycles. The summed E-state index contributed by atoms with van der Waals surface area (Å²) in [6.45, 7) is 4.79. The third-order valence-corrected chi connectivity index (χ3v) is 5.38.